The normalized spacial score (nSPS) is 15.7. The number of amides is 2. The van der Waals surface area contributed by atoms with E-state index in [1.807, 2.05) is 50.4 Å². The maximum Gasteiger partial charge on any atom is 0.255 e. The highest BCUT2D eigenvalue weighted by molar-refractivity contribution is 7.11. The fourth-order valence-electron chi connectivity index (χ4n) is 5.36. The predicted molar refractivity (Wildman–Crippen MR) is 158 cm³/mol. The predicted octanol–water partition coefficient (Wildman–Crippen LogP) is 6.99. The van der Waals surface area contributed by atoms with Gasteiger partial charge in [0.05, 0.1) is 23.8 Å². The molecule has 210 valence electrons. The highest BCUT2D eigenvalue weighted by atomic mass is 32.1. The van der Waals surface area contributed by atoms with Crippen molar-refractivity contribution in [2.45, 2.75) is 45.1 Å². The molecule has 4 aromatic rings. The van der Waals surface area contributed by atoms with Gasteiger partial charge in [-0.1, -0.05) is 12.1 Å². The topological polar surface area (TPSA) is 93.5 Å². The number of thiazole rings is 1. The number of aryl methyl sites for hydroxylation is 2. The fraction of sp³-hybridized carbons (Fsp3) is 0.281. The second-order valence-corrected chi connectivity index (χ2v) is 11.8. The zero-order valence-electron chi connectivity index (χ0n) is 23.3. The van der Waals surface area contributed by atoms with Gasteiger partial charge in [0, 0.05) is 29.9 Å². The summed E-state index contributed by atoms with van der Waals surface area (Å²) in [6.07, 6.45) is 7.31. The fourth-order valence-corrected chi connectivity index (χ4v) is 6.33. The molecule has 0 saturated heterocycles. The van der Waals surface area contributed by atoms with E-state index in [4.69, 9.17) is 9.15 Å². The molecule has 2 amide bonds. The summed E-state index contributed by atoms with van der Waals surface area (Å²) in [5, 5.41) is 7.49. The van der Waals surface area contributed by atoms with Crippen LogP contribution in [0.4, 0.5) is 4.39 Å². The second-order valence-electron chi connectivity index (χ2n) is 10.6. The molecule has 6 rings (SSSR count). The van der Waals surface area contributed by atoms with Crippen LogP contribution in [-0.2, 0) is 5.54 Å². The van der Waals surface area contributed by atoms with Crippen molar-refractivity contribution in [3.8, 4) is 16.9 Å². The number of allylic oxidation sites excluding steroid dienone is 4. The van der Waals surface area contributed by atoms with Crippen LogP contribution in [0, 0.1) is 13.8 Å². The number of hydrogen-bond donors (Lipinski definition) is 2. The van der Waals surface area contributed by atoms with Gasteiger partial charge in [0.2, 0.25) is 0 Å². The number of rotatable bonds is 7. The molecule has 0 spiro atoms. The van der Waals surface area contributed by atoms with Crippen LogP contribution in [0.2, 0.25) is 0 Å². The largest absolute Gasteiger partial charge is 0.496 e. The minimum absolute atomic E-state index is 0.196. The monoisotopic (exact) mass is 571 g/mol. The third-order valence-corrected chi connectivity index (χ3v) is 8.88. The van der Waals surface area contributed by atoms with E-state index in [-0.39, 0.29) is 24.1 Å². The Hall–Kier alpha value is -4.24. The molecular formula is C32H30FN3O4S. The number of furan rings is 1. The van der Waals surface area contributed by atoms with Crippen molar-refractivity contribution in [1.82, 2.24) is 15.6 Å². The van der Waals surface area contributed by atoms with Crippen LogP contribution >= 0.6 is 11.3 Å². The lowest BCUT2D eigenvalue weighted by Gasteiger charge is -2.18. The highest BCUT2D eigenvalue weighted by Gasteiger charge is 2.48. The molecule has 9 heteroatoms. The number of benzene rings is 2. The van der Waals surface area contributed by atoms with Crippen LogP contribution in [0.15, 0.2) is 58.9 Å². The molecule has 0 atom stereocenters. The molecule has 2 aliphatic rings. The van der Waals surface area contributed by atoms with E-state index < -0.39 is 5.54 Å². The molecule has 1 saturated carbocycles. The summed E-state index contributed by atoms with van der Waals surface area (Å²) in [6, 6.07) is 9.34. The van der Waals surface area contributed by atoms with E-state index in [2.05, 4.69) is 15.6 Å². The van der Waals surface area contributed by atoms with E-state index in [0.717, 1.165) is 45.0 Å². The third kappa shape index (κ3) is 4.84. The van der Waals surface area contributed by atoms with Gasteiger partial charge in [-0.15, -0.1) is 11.3 Å². The lowest BCUT2D eigenvalue weighted by Crippen LogP contribution is -2.35. The summed E-state index contributed by atoms with van der Waals surface area (Å²) in [7, 11) is 3.12. The van der Waals surface area contributed by atoms with Crippen LogP contribution in [0.5, 0.6) is 5.75 Å². The molecule has 7 nitrogen and oxygen atoms in total. The van der Waals surface area contributed by atoms with Gasteiger partial charge in [-0.25, -0.2) is 9.37 Å². The average Bonchev–Trinajstić information content (AvgIpc) is 3.44. The maximum absolute atomic E-state index is 13.7. The Morgan fingerprint density at radius 3 is 2.54 bits per heavy atom. The molecule has 1 fully saturated rings. The first kappa shape index (κ1) is 27.0. The summed E-state index contributed by atoms with van der Waals surface area (Å²) < 4.78 is 25.4. The minimum Gasteiger partial charge on any atom is -0.496 e. The number of carbonyl (C=O) groups excluding carboxylic acids is 2. The molecule has 0 bridgehead atoms. The van der Waals surface area contributed by atoms with Gasteiger partial charge < -0.3 is 19.8 Å². The van der Waals surface area contributed by atoms with Gasteiger partial charge in [-0.05, 0) is 85.7 Å². The van der Waals surface area contributed by atoms with Gasteiger partial charge in [0.1, 0.15) is 27.9 Å². The molecule has 0 radical (unpaired) electrons. The number of halogens is 1. The Bertz CT molecular complexity index is 1780. The van der Waals surface area contributed by atoms with Gasteiger partial charge in [0.15, 0.2) is 0 Å². The van der Waals surface area contributed by atoms with Gasteiger partial charge in [-0.2, -0.15) is 0 Å². The van der Waals surface area contributed by atoms with E-state index in [1.165, 1.54) is 6.08 Å². The number of methoxy groups -OCH3 is 1. The molecule has 0 aliphatic heterocycles. The third-order valence-electron chi connectivity index (χ3n) is 7.77. The Kier molecular flexibility index (Phi) is 6.77. The zero-order valence-corrected chi connectivity index (χ0v) is 24.1. The molecule has 2 aromatic carbocycles. The van der Waals surface area contributed by atoms with Crippen LogP contribution in [-0.4, -0.2) is 31.0 Å². The Morgan fingerprint density at radius 1 is 1.10 bits per heavy atom. The van der Waals surface area contributed by atoms with Gasteiger partial charge in [-0.3, -0.25) is 9.59 Å². The first-order chi connectivity index (χ1) is 19.7. The smallest absolute Gasteiger partial charge is 0.255 e. The van der Waals surface area contributed by atoms with Crippen LogP contribution in [0.25, 0.3) is 27.7 Å². The zero-order chi connectivity index (χ0) is 28.9. The van der Waals surface area contributed by atoms with E-state index >= 15 is 0 Å². The van der Waals surface area contributed by atoms with E-state index in [1.54, 1.807) is 31.6 Å². The molecule has 0 unspecified atom stereocenters. The van der Waals surface area contributed by atoms with E-state index in [0.29, 0.717) is 40.0 Å². The first-order valence-corrected chi connectivity index (χ1v) is 14.3. The van der Waals surface area contributed by atoms with Crippen LogP contribution in [0.3, 0.4) is 0 Å². The Morgan fingerprint density at radius 2 is 1.90 bits per heavy atom. The van der Waals surface area contributed by atoms with Crippen LogP contribution in [0.1, 0.15) is 67.6 Å². The molecule has 41 heavy (non-hydrogen) atoms. The lowest BCUT2D eigenvalue weighted by atomic mass is 9.94. The molecule has 2 heterocycles. The first-order valence-electron chi connectivity index (χ1n) is 13.5. The quantitative estimate of drug-likeness (QED) is 0.249. The summed E-state index contributed by atoms with van der Waals surface area (Å²) >= 11 is 1.60. The standard InChI is InChI=1S/C32H30FN3O4S/c1-17-13-26(39-4)24(29(37)36-32(11-12-32)31-35-16-18(2)41-31)15-22(17)20-7-10-25-23(14-20)27(30(38)34-3)28(40-25)19-5-8-21(33)9-6-19/h5,7-8,10,13-16H,6,9,11-12H2,1-4H3,(H,34,38)(H,36,37). The maximum atomic E-state index is 13.7. The molecular weight excluding hydrogens is 541 g/mol. The average molecular weight is 572 g/mol. The molecule has 2 N–H and O–H groups in total. The SMILES string of the molecule is CNC(=O)c1c(C2=CC=C(F)CC2)oc2ccc(-c3cc(C(=O)NC4(c5ncc(C)s5)CC4)c(OC)cc3C)cc12. The van der Waals surface area contributed by atoms with Crippen LogP contribution < -0.4 is 15.4 Å². The number of fused-ring (bicyclic) bond motifs is 1. The summed E-state index contributed by atoms with van der Waals surface area (Å²) in [5.41, 5.74) is 4.29. The number of carbonyl (C=O) groups is 2. The van der Waals surface area contributed by atoms with Gasteiger partial charge in [0.25, 0.3) is 11.8 Å². The van der Waals surface area contributed by atoms with Crippen molar-refractivity contribution < 1.29 is 23.1 Å². The number of nitrogens with zero attached hydrogens (tertiary/aromatic N) is 1. The molecule has 2 aromatic heterocycles. The van der Waals surface area contributed by atoms with Crippen molar-refractivity contribution in [2.24, 2.45) is 0 Å². The second kappa shape index (κ2) is 10.3. The Labute approximate surface area is 241 Å². The van der Waals surface area contributed by atoms with Crippen molar-refractivity contribution in [1.29, 1.82) is 0 Å². The minimum atomic E-state index is -0.438. The number of aromatic nitrogens is 1. The van der Waals surface area contributed by atoms with Crippen molar-refractivity contribution >= 4 is 39.7 Å². The van der Waals surface area contributed by atoms with E-state index in [9.17, 15) is 14.0 Å². The van der Waals surface area contributed by atoms with Gasteiger partial charge >= 0.3 is 0 Å². The number of ether oxygens (including phenoxy) is 1. The lowest BCUT2D eigenvalue weighted by molar-refractivity contribution is 0.0925. The number of nitrogens with one attached hydrogen (secondary N) is 2. The summed E-state index contributed by atoms with van der Waals surface area (Å²) in [6.45, 7) is 3.96. The van der Waals surface area contributed by atoms with Crippen molar-refractivity contribution in [3.05, 3.63) is 86.8 Å². The van der Waals surface area contributed by atoms with Crippen molar-refractivity contribution in [2.75, 3.05) is 14.2 Å². The van der Waals surface area contributed by atoms with Crippen molar-refractivity contribution in [3.63, 3.8) is 0 Å². The summed E-state index contributed by atoms with van der Waals surface area (Å²) in [5.74, 6) is 0.218. The molecule has 2 aliphatic carbocycles. The Balaban J connectivity index is 1.42. The highest BCUT2D eigenvalue weighted by Crippen LogP contribution is 2.47. The summed E-state index contributed by atoms with van der Waals surface area (Å²) in [4.78, 5) is 32.3. The number of hydrogen-bond acceptors (Lipinski definition) is 6.